The number of aromatic nitrogens is 2. The van der Waals surface area contributed by atoms with Gasteiger partial charge in [-0.15, -0.1) is 11.3 Å². The number of rotatable bonds is 4. The van der Waals surface area contributed by atoms with E-state index in [1.807, 2.05) is 48.0 Å². The Kier molecular flexibility index (Phi) is 3.65. The van der Waals surface area contributed by atoms with Gasteiger partial charge in [0.05, 0.1) is 16.6 Å². The van der Waals surface area contributed by atoms with Crippen LogP contribution in [0.3, 0.4) is 0 Å². The summed E-state index contributed by atoms with van der Waals surface area (Å²) in [5.41, 5.74) is 7.83. The lowest BCUT2D eigenvalue weighted by atomic mass is 10.3. The summed E-state index contributed by atoms with van der Waals surface area (Å²) < 4.78 is 2.84. The molecule has 0 bridgehead atoms. The van der Waals surface area contributed by atoms with Gasteiger partial charge in [0.2, 0.25) is 0 Å². The fourth-order valence-corrected chi connectivity index (χ4v) is 3.42. The summed E-state index contributed by atoms with van der Waals surface area (Å²) >= 11 is 7.56. The Morgan fingerprint density at radius 1 is 1.35 bits per heavy atom. The third-order valence-corrected chi connectivity index (χ3v) is 4.40. The molecule has 3 heterocycles. The summed E-state index contributed by atoms with van der Waals surface area (Å²) in [4.78, 5) is 7.98. The first-order valence-electron chi connectivity index (χ1n) is 6.30. The lowest BCUT2D eigenvalue weighted by Crippen LogP contribution is -2.18. The van der Waals surface area contributed by atoms with Crippen LogP contribution in [0, 0.1) is 0 Å². The summed E-state index contributed by atoms with van der Waals surface area (Å²) in [6.07, 6.45) is 1.99. The average molecular weight is 307 g/mol. The van der Waals surface area contributed by atoms with Crippen LogP contribution in [0.5, 0.6) is 0 Å². The van der Waals surface area contributed by atoms with Crippen molar-refractivity contribution in [3.63, 3.8) is 0 Å². The van der Waals surface area contributed by atoms with Gasteiger partial charge in [-0.3, -0.25) is 0 Å². The van der Waals surface area contributed by atoms with Crippen molar-refractivity contribution < 1.29 is 0 Å². The van der Waals surface area contributed by atoms with Crippen LogP contribution in [0.15, 0.2) is 36.5 Å². The van der Waals surface area contributed by atoms with E-state index in [2.05, 4.69) is 9.88 Å². The highest BCUT2D eigenvalue weighted by molar-refractivity contribution is 7.16. The molecule has 0 aromatic carbocycles. The number of pyridine rings is 1. The SMILES string of the molecule is CN(Cc1ccc(Cl)s1)c1nc2ccccn2c1CN. The molecule has 0 amide bonds. The van der Waals surface area contributed by atoms with Crippen LogP contribution in [0.25, 0.3) is 5.65 Å². The smallest absolute Gasteiger partial charge is 0.152 e. The lowest BCUT2D eigenvalue weighted by molar-refractivity contribution is 0.883. The highest BCUT2D eigenvalue weighted by Crippen LogP contribution is 2.26. The van der Waals surface area contributed by atoms with Gasteiger partial charge in [0, 0.05) is 24.7 Å². The van der Waals surface area contributed by atoms with Gasteiger partial charge in [0.1, 0.15) is 5.65 Å². The van der Waals surface area contributed by atoms with E-state index in [0.29, 0.717) is 6.54 Å². The van der Waals surface area contributed by atoms with E-state index in [9.17, 15) is 0 Å². The summed E-state index contributed by atoms with van der Waals surface area (Å²) in [5.74, 6) is 0.920. The maximum Gasteiger partial charge on any atom is 0.152 e. The number of hydrogen-bond donors (Lipinski definition) is 1. The van der Waals surface area contributed by atoms with Crippen LogP contribution >= 0.6 is 22.9 Å². The van der Waals surface area contributed by atoms with Gasteiger partial charge < -0.3 is 15.0 Å². The number of imidazole rings is 1. The van der Waals surface area contributed by atoms with E-state index in [4.69, 9.17) is 17.3 Å². The van der Waals surface area contributed by atoms with Gasteiger partial charge >= 0.3 is 0 Å². The van der Waals surface area contributed by atoms with E-state index < -0.39 is 0 Å². The van der Waals surface area contributed by atoms with Crippen molar-refractivity contribution >= 4 is 34.4 Å². The predicted molar refractivity (Wildman–Crippen MR) is 84.5 cm³/mol. The molecular weight excluding hydrogens is 292 g/mol. The zero-order chi connectivity index (χ0) is 14.1. The molecule has 6 heteroatoms. The monoisotopic (exact) mass is 306 g/mol. The molecule has 0 aliphatic heterocycles. The molecule has 0 atom stereocenters. The molecule has 0 spiro atoms. The Morgan fingerprint density at radius 2 is 2.20 bits per heavy atom. The van der Waals surface area contributed by atoms with Gasteiger partial charge in [0.25, 0.3) is 0 Å². The normalized spacial score (nSPS) is 11.2. The molecule has 0 saturated carbocycles. The molecule has 3 rings (SSSR count). The minimum Gasteiger partial charge on any atom is -0.353 e. The third-order valence-electron chi connectivity index (χ3n) is 3.18. The largest absolute Gasteiger partial charge is 0.353 e. The number of halogens is 1. The van der Waals surface area contributed by atoms with Crippen molar-refractivity contribution in [1.82, 2.24) is 9.38 Å². The maximum atomic E-state index is 5.97. The minimum absolute atomic E-state index is 0.454. The number of thiophene rings is 1. The molecule has 20 heavy (non-hydrogen) atoms. The highest BCUT2D eigenvalue weighted by Gasteiger charge is 2.15. The van der Waals surface area contributed by atoms with E-state index in [1.54, 1.807) is 11.3 Å². The van der Waals surface area contributed by atoms with E-state index in [0.717, 1.165) is 28.0 Å². The van der Waals surface area contributed by atoms with Gasteiger partial charge in [-0.25, -0.2) is 4.98 Å². The standard InChI is InChI=1S/C14H15ClN4S/c1-18(9-10-5-6-12(15)20-10)14-11(8-16)19-7-3-2-4-13(19)17-14/h2-7H,8-9,16H2,1H3. The van der Waals surface area contributed by atoms with Crippen LogP contribution < -0.4 is 10.6 Å². The number of fused-ring (bicyclic) bond motifs is 1. The average Bonchev–Trinajstić information content (AvgIpc) is 3.01. The van der Waals surface area contributed by atoms with Crippen LogP contribution in [-0.2, 0) is 13.1 Å². The molecule has 0 radical (unpaired) electrons. The second-order valence-corrected chi connectivity index (χ2v) is 6.38. The number of nitrogens with zero attached hydrogens (tertiary/aromatic N) is 3. The third kappa shape index (κ3) is 2.40. The Balaban J connectivity index is 1.96. The molecule has 4 nitrogen and oxygen atoms in total. The number of nitrogens with two attached hydrogens (primary N) is 1. The van der Waals surface area contributed by atoms with Crippen LogP contribution in [0.2, 0.25) is 4.34 Å². The van der Waals surface area contributed by atoms with Crippen molar-refractivity contribution in [2.45, 2.75) is 13.1 Å². The highest BCUT2D eigenvalue weighted by atomic mass is 35.5. The van der Waals surface area contributed by atoms with Crippen LogP contribution in [0.4, 0.5) is 5.82 Å². The first-order valence-corrected chi connectivity index (χ1v) is 7.50. The van der Waals surface area contributed by atoms with Crippen molar-refractivity contribution in [2.75, 3.05) is 11.9 Å². The molecule has 3 aromatic heterocycles. The summed E-state index contributed by atoms with van der Waals surface area (Å²) in [7, 11) is 2.02. The summed E-state index contributed by atoms with van der Waals surface area (Å²) in [5, 5.41) is 0. The predicted octanol–water partition coefficient (Wildman–Crippen LogP) is 3.14. The maximum absolute atomic E-state index is 5.97. The molecule has 3 aromatic rings. The topological polar surface area (TPSA) is 46.6 Å². The summed E-state index contributed by atoms with van der Waals surface area (Å²) in [6.45, 7) is 1.23. The fraction of sp³-hybridized carbons (Fsp3) is 0.214. The number of hydrogen-bond acceptors (Lipinski definition) is 4. The second kappa shape index (κ2) is 5.44. The Morgan fingerprint density at radius 3 is 2.90 bits per heavy atom. The Labute approximate surface area is 126 Å². The molecule has 0 saturated heterocycles. The zero-order valence-electron chi connectivity index (χ0n) is 11.1. The van der Waals surface area contributed by atoms with Crippen LogP contribution in [0.1, 0.15) is 10.6 Å². The fourth-order valence-electron chi connectivity index (χ4n) is 2.27. The van der Waals surface area contributed by atoms with E-state index in [1.165, 1.54) is 4.88 Å². The quantitative estimate of drug-likeness (QED) is 0.805. The molecule has 104 valence electrons. The minimum atomic E-state index is 0.454. The van der Waals surface area contributed by atoms with E-state index >= 15 is 0 Å². The van der Waals surface area contributed by atoms with E-state index in [-0.39, 0.29) is 0 Å². The number of anilines is 1. The molecule has 0 aliphatic carbocycles. The lowest BCUT2D eigenvalue weighted by Gasteiger charge is -2.17. The first-order chi connectivity index (χ1) is 9.69. The van der Waals surface area contributed by atoms with Crippen molar-refractivity contribution in [3.8, 4) is 0 Å². The molecule has 0 unspecified atom stereocenters. The first kappa shape index (κ1) is 13.4. The van der Waals surface area contributed by atoms with Crippen molar-refractivity contribution in [3.05, 3.63) is 51.4 Å². The second-order valence-electron chi connectivity index (χ2n) is 4.58. The van der Waals surface area contributed by atoms with Gasteiger partial charge in [-0.2, -0.15) is 0 Å². The zero-order valence-corrected chi connectivity index (χ0v) is 12.7. The summed E-state index contributed by atoms with van der Waals surface area (Å²) in [6, 6.07) is 9.91. The molecular formula is C14H15ClN4S. The molecule has 2 N–H and O–H groups in total. The van der Waals surface area contributed by atoms with Gasteiger partial charge in [0.15, 0.2) is 5.82 Å². The van der Waals surface area contributed by atoms with Crippen molar-refractivity contribution in [1.29, 1.82) is 0 Å². The Hall–Kier alpha value is -1.56. The Bertz CT molecular complexity index is 734. The van der Waals surface area contributed by atoms with Crippen LogP contribution in [-0.4, -0.2) is 16.4 Å². The van der Waals surface area contributed by atoms with Gasteiger partial charge in [-0.1, -0.05) is 17.7 Å². The molecule has 0 aliphatic rings. The van der Waals surface area contributed by atoms with Crippen molar-refractivity contribution in [2.24, 2.45) is 5.73 Å². The molecule has 0 fully saturated rings. The van der Waals surface area contributed by atoms with Gasteiger partial charge in [-0.05, 0) is 24.3 Å².